The molecule has 0 fully saturated rings. The lowest BCUT2D eigenvalue weighted by Gasteiger charge is -2.08. The van der Waals surface area contributed by atoms with Crippen molar-refractivity contribution in [2.24, 2.45) is 0 Å². The van der Waals surface area contributed by atoms with Crippen LogP contribution in [0.1, 0.15) is 25.9 Å². The van der Waals surface area contributed by atoms with Crippen molar-refractivity contribution in [1.29, 1.82) is 0 Å². The molecule has 0 aliphatic rings. The van der Waals surface area contributed by atoms with Crippen LogP contribution in [0.25, 0.3) is 0 Å². The second-order valence-electron chi connectivity index (χ2n) is 4.27. The summed E-state index contributed by atoms with van der Waals surface area (Å²) in [5.41, 5.74) is 0.554. The molecule has 0 unspecified atom stereocenters. The van der Waals surface area contributed by atoms with Gasteiger partial charge in [-0.15, -0.1) is 21.5 Å². The van der Waals surface area contributed by atoms with Crippen LogP contribution >= 0.6 is 22.9 Å². The van der Waals surface area contributed by atoms with Crippen LogP contribution in [0.5, 0.6) is 0 Å². The number of carbonyl (C=O) groups is 1. The maximum absolute atomic E-state index is 13.7. The van der Waals surface area contributed by atoms with Crippen LogP contribution < -0.4 is 5.32 Å². The van der Waals surface area contributed by atoms with Crippen molar-refractivity contribution in [1.82, 2.24) is 15.5 Å². The highest BCUT2D eigenvalue weighted by atomic mass is 35.5. The molecule has 0 saturated carbocycles. The first-order chi connectivity index (χ1) is 9.49. The Morgan fingerprint density at radius 2 is 2.15 bits per heavy atom. The summed E-state index contributed by atoms with van der Waals surface area (Å²) in [5.74, 6) is -1.14. The van der Waals surface area contributed by atoms with Gasteiger partial charge in [-0.05, 0) is 25.5 Å². The van der Waals surface area contributed by atoms with Crippen molar-refractivity contribution in [2.75, 3.05) is 6.54 Å². The van der Waals surface area contributed by atoms with E-state index in [2.05, 4.69) is 15.5 Å². The molecule has 1 amide bonds. The molecule has 0 saturated heterocycles. The van der Waals surface area contributed by atoms with Gasteiger partial charge in [0.15, 0.2) is 0 Å². The van der Waals surface area contributed by atoms with E-state index in [0.717, 1.165) is 10.0 Å². The Bertz CT molecular complexity index is 645. The van der Waals surface area contributed by atoms with Crippen molar-refractivity contribution in [3.05, 3.63) is 44.1 Å². The number of hydrogen-bond donors (Lipinski definition) is 1. The van der Waals surface area contributed by atoms with Gasteiger partial charge in [0.05, 0.1) is 10.6 Å². The van der Waals surface area contributed by atoms with E-state index in [9.17, 15) is 9.18 Å². The Labute approximate surface area is 125 Å². The minimum atomic E-state index is -0.621. The maximum Gasteiger partial charge on any atom is 0.255 e. The Hall–Kier alpha value is -1.53. The van der Waals surface area contributed by atoms with Gasteiger partial charge in [0, 0.05) is 13.0 Å². The van der Waals surface area contributed by atoms with Crippen molar-refractivity contribution in [2.45, 2.75) is 20.3 Å². The zero-order valence-corrected chi connectivity index (χ0v) is 12.6. The van der Waals surface area contributed by atoms with Crippen molar-refractivity contribution in [3.63, 3.8) is 0 Å². The molecule has 1 heterocycles. The van der Waals surface area contributed by atoms with Gasteiger partial charge in [-0.2, -0.15) is 0 Å². The first kappa shape index (κ1) is 14.9. The molecular weight excluding hydrogens is 301 g/mol. The molecule has 1 aromatic carbocycles. The summed E-state index contributed by atoms with van der Waals surface area (Å²) < 4.78 is 13.7. The third kappa shape index (κ3) is 3.32. The molecule has 4 nitrogen and oxygen atoms in total. The summed E-state index contributed by atoms with van der Waals surface area (Å²) >= 11 is 7.44. The van der Waals surface area contributed by atoms with Crippen LogP contribution in [-0.2, 0) is 6.42 Å². The average molecular weight is 314 g/mol. The van der Waals surface area contributed by atoms with E-state index in [1.165, 1.54) is 17.4 Å². The fourth-order valence-corrected chi connectivity index (χ4v) is 2.62. The average Bonchev–Trinajstić information content (AvgIpc) is 2.80. The quantitative estimate of drug-likeness (QED) is 0.944. The molecular formula is C13H13ClFN3OS. The topological polar surface area (TPSA) is 54.9 Å². The van der Waals surface area contributed by atoms with Crippen LogP contribution in [0.2, 0.25) is 5.02 Å². The number of aromatic nitrogens is 2. The molecule has 0 spiro atoms. The largest absolute Gasteiger partial charge is 0.351 e. The van der Waals surface area contributed by atoms with E-state index in [1.807, 2.05) is 6.92 Å². The molecule has 2 aromatic rings. The highest BCUT2D eigenvalue weighted by molar-refractivity contribution is 7.11. The van der Waals surface area contributed by atoms with Crippen LogP contribution in [-0.4, -0.2) is 22.6 Å². The molecule has 0 aliphatic heterocycles. The predicted octanol–water partition coefficient (Wildman–Crippen LogP) is 2.92. The highest BCUT2D eigenvalue weighted by Crippen LogP contribution is 2.23. The lowest BCUT2D eigenvalue weighted by Crippen LogP contribution is -2.27. The van der Waals surface area contributed by atoms with E-state index in [0.29, 0.717) is 18.5 Å². The zero-order chi connectivity index (χ0) is 14.7. The predicted molar refractivity (Wildman–Crippen MR) is 76.8 cm³/mol. The van der Waals surface area contributed by atoms with Crippen LogP contribution in [0.3, 0.4) is 0 Å². The summed E-state index contributed by atoms with van der Waals surface area (Å²) in [5, 5.41) is 12.3. The summed E-state index contributed by atoms with van der Waals surface area (Å²) in [4.78, 5) is 12.0. The third-order valence-corrected chi connectivity index (χ3v) is 4.09. The fraction of sp³-hybridized carbons (Fsp3) is 0.308. The third-order valence-electron chi connectivity index (χ3n) is 2.70. The van der Waals surface area contributed by atoms with Gasteiger partial charge in [-0.1, -0.05) is 17.7 Å². The van der Waals surface area contributed by atoms with E-state index in [-0.39, 0.29) is 10.6 Å². The molecule has 7 heteroatoms. The van der Waals surface area contributed by atoms with Gasteiger partial charge in [0.25, 0.3) is 5.91 Å². The number of benzene rings is 1. The first-order valence-electron chi connectivity index (χ1n) is 6.01. The highest BCUT2D eigenvalue weighted by Gasteiger charge is 2.17. The van der Waals surface area contributed by atoms with Crippen molar-refractivity contribution in [3.8, 4) is 0 Å². The second kappa shape index (κ2) is 6.28. The Morgan fingerprint density at radius 1 is 1.40 bits per heavy atom. The zero-order valence-electron chi connectivity index (χ0n) is 11.0. The molecule has 0 atom stereocenters. The molecule has 106 valence electrons. The summed E-state index contributed by atoms with van der Waals surface area (Å²) in [6, 6.07) is 2.78. The SMILES string of the molecule is Cc1nnc(CCNC(=O)c2c(F)ccc(C)c2Cl)s1. The van der Waals surface area contributed by atoms with E-state index < -0.39 is 11.7 Å². The number of amides is 1. The lowest BCUT2D eigenvalue weighted by atomic mass is 10.1. The number of hydrogen-bond acceptors (Lipinski definition) is 4. The van der Waals surface area contributed by atoms with Gasteiger partial charge in [-0.3, -0.25) is 4.79 Å². The molecule has 0 radical (unpaired) electrons. The number of nitrogens with one attached hydrogen (secondary N) is 1. The van der Waals surface area contributed by atoms with Gasteiger partial charge in [0.1, 0.15) is 15.8 Å². The van der Waals surface area contributed by atoms with E-state index in [4.69, 9.17) is 11.6 Å². The van der Waals surface area contributed by atoms with Crippen LogP contribution in [0.15, 0.2) is 12.1 Å². The van der Waals surface area contributed by atoms with Gasteiger partial charge >= 0.3 is 0 Å². The number of carbonyl (C=O) groups excluding carboxylic acids is 1. The Balaban J connectivity index is 2.00. The van der Waals surface area contributed by atoms with E-state index >= 15 is 0 Å². The summed E-state index contributed by atoms with van der Waals surface area (Å²) in [6.45, 7) is 3.95. The maximum atomic E-state index is 13.7. The normalized spacial score (nSPS) is 10.6. The van der Waals surface area contributed by atoms with Crippen LogP contribution in [0.4, 0.5) is 4.39 Å². The number of rotatable bonds is 4. The van der Waals surface area contributed by atoms with Gasteiger partial charge in [-0.25, -0.2) is 4.39 Å². The first-order valence-corrected chi connectivity index (χ1v) is 7.20. The van der Waals surface area contributed by atoms with Gasteiger partial charge in [0.2, 0.25) is 0 Å². The van der Waals surface area contributed by atoms with Crippen molar-refractivity contribution < 1.29 is 9.18 Å². The fourth-order valence-electron chi connectivity index (χ4n) is 1.67. The van der Waals surface area contributed by atoms with Crippen molar-refractivity contribution >= 4 is 28.8 Å². The molecule has 1 N–H and O–H groups in total. The molecule has 2 rings (SSSR count). The van der Waals surface area contributed by atoms with Crippen LogP contribution in [0, 0.1) is 19.7 Å². The Morgan fingerprint density at radius 3 is 2.80 bits per heavy atom. The summed E-state index contributed by atoms with van der Waals surface area (Å²) in [6.07, 6.45) is 0.558. The smallest absolute Gasteiger partial charge is 0.255 e. The van der Waals surface area contributed by atoms with E-state index in [1.54, 1.807) is 13.0 Å². The second-order valence-corrected chi connectivity index (χ2v) is 5.92. The number of aryl methyl sites for hydroxylation is 2. The minimum absolute atomic E-state index is 0.111. The number of nitrogens with zero attached hydrogens (tertiary/aromatic N) is 2. The molecule has 0 aliphatic carbocycles. The molecule has 20 heavy (non-hydrogen) atoms. The summed E-state index contributed by atoms with van der Waals surface area (Å²) in [7, 11) is 0. The lowest BCUT2D eigenvalue weighted by molar-refractivity contribution is 0.0950. The number of halogens is 2. The molecule has 0 bridgehead atoms. The Kier molecular flexibility index (Phi) is 4.67. The van der Waals surface area contributed by atoms with Gasteiger partial charge < -0.3 is 5.32 Å². The monoisotopic (exact) mass is 313 g/mol. The minimum Gasteiger partial charge on any atom is -0.351 e. The molecule has 1 aromatic heterocycles. The standard InChI is InChI=1S/C13H13ClFN3OS/c1-7-3-4-9(15)11(12(7)14)13(19)16-6-5-10-18-17-8(2)20-10/h3-4H,5-6H2,1-2H3,(H,16,19).